The van der Waals surface area contributed by atoms with E-state index in [9.17, 15) is 19.5 Å². The number of para-hydroxylation sites is 1. The molecule has 0 unspecified atom stereocenters. The molecular weight excluding hydrogens is 364 g/mol. The highest BCUT2D eigenvalue weighted by Gasteiger charge is 2.20. The van der Waals surface area contributed by atoms with E-state index in [0.29, 0.717) is 22.7 Å². The number of hydrogen-bond donors (Lipinski definition) is 2. The molecule has 4 rings (SSSR count). The number of rotatable bonds is 4. The van der Waals surface area contributed by atoms with Crippen LogP contribution >= 0.6 is 0 Å². The van der Waals surface area contributed by atoms with Crippen molar-refractivity contribution in [2.45, 2.75) is 0 Å². The van der Waals surface area contributed by atoms with Gasteiger partial charge in [-0.15, -0.1) is 0 Å². The summed E-state index contributed by atoms with van der Waals surface area (Å²) in [5.74, 6) is -0.318. The maximum atomic E-state index is 12.6. The normalized spacial score (nSPS) is 12.4. The quantitative estimate of drug-likeness (QED) is 0.530. The van der Waals surface area contributed by atoms with E-state index < -0.39 is 28.5 Å². The van der Waals surface area contributed by atoms with Gasteiger partial charge in [0.25, 0.3) is 5.56 Å². The number of carbonyl (C=O) groups is 1. The number of carbonyl (C=O) groups excluding carboxylic acids is 1. The number of aromatic hydroxyl groups is 1. The van der Waals surface area contributed by atoms with Crippen molar-refractivity contribution in [3.05, 3.63) is 86.6 Å². The van der Waals surface area contributed by atoms with Crippen LogP contribution in [0.25, 0.3) is 11.8 Å². The van der Waals surface area contributed by atoms with Gasteiger partial charge in [0.05, 0.1) is 5.69 Å². The Morgan fingerprint density at radius 2 is 1.82 bits per heavy atom. The Kier molecular flexibility index (Phi) is 4.29. The summed E-state index contributed by atoms with van der Waals surface area (Å²) in [6.45, 7) is 0.131. The number of nitrogens with one attached hydrogen (secondary N) is 1. The van der Waals surface area contributed by atoms with E-state index in [-0.39, 0.29) is 6.79 Å². The first-order chi connectivity index (χ1) is 13.5. The molecule has 2 N–H and O–H groups in total. The van der Waals surface area contributed by atoms with Crippen LogP contribution in [0.5, 0.6) is 17.4 Å². The number of benzene rings is 2. The van der Waals surface area contributed by atoms with E-state index in [4.69, 9.17) is 9.47 Å². The second-order valence-corrected chi connectivity index (χ2v) is 5.94. The minimum absolute atomic E-state index is 0.131. The maximum absolute atomic E-state index is 12.6. The standard InChI is InChI=1S/C20H14N2O6/c23-14(8-6-12-7-9-15-16(10-12)28-11-27-15)17-18(24)21-20(26)22(19(17)25)13-4-2-1-3-5-13/h1-10,25H,11H2,(H,21,24,26). The van der Waals surface area contributed by atoms with Crippen LogP contribution in [0, 0.1) is 0 Å². The number of aromatic nitrogens is 2. The molecular formula is C20H14N2O6. The number of aromatic amines is 1. The molecule has 1 aromatic heterocycles. The molecule has 0 saturated carbocycles. The minimum atomic E-state index is -0.963. The fourth-order valence-electron chi connectivity index (χ4n) is 2.84. The van der Waals surface area contributed by atoms with Crippen molar-refractivity contribution in [3.8, 4) is 23.1 Å². The predicted molar refractivity (Wildman–Crippen MR) is 100 cm³/mol. The molecule has 0 spiro atoms. The van der Waals surface area contributed by atoms with Gasteiger partial charge in [0.2, 0.25) is 12.7 Å². The van der Waals surface area contributed by atoms with E-state index in [2.05, 4.69) is 4.98 Å². The van der Waals surface area contributed by atoms with Crippen LogP contribution in [-0.2, 0) is 0 Å². The van der Waals surface area contributed by atoms with Crippen LogP contribution in [0.3, 0.4) is 0 Å². The Balaban J connectivity index is 1.72. The van der Waals surface area contributed by atoms with Crippen LogP contribution in [0.2, 0.25) is 0 Å². The van der Waals surface area contributed by atoms with Gasteiger partial charge in [-0.1, -0.05) is 30.3 Å². The van der Waals surface area contributed by atoms with Gasteiger partial charge < -0.3 is 14.6 Å². The zero-order valence-electron chi connectivity index (χ0n) is 14.4. The maximum Gasteiger partial charge on any atom is 0.335 e. The van der Waals surface area contributed by atoms with Crippen molar-refractivity contribution in [2.24, 2.45) is 0 Å². The highest BCUT2D eigenvalue weighted by Crippen LogP contribution is 2.32. The summed E-state index contributed by atoms with van der Waals surface area (Å²) >= 11 is 0. The molecule has 3 aromatic rings. The lowest BCUT2D eigenvalue weighted by molar-refractivity contribution is 0.104. The van der Waals surface area contributed by atoms with Crippen molar-refractivity contribution in [1.29, 1.82) is 0 Å². The molecule has 0 radical (unpaired) electrons. The van der Waals surface area contributed by atoms with Crippen LogP contribution < -0.4 is 20.7 Å². The number of nitrogens with zero attached hydrogens (tertiary/aromatic N) is 1. The third-order valence-corrected chi connectivity index (χ3v) is 4.17. The predicted octanol–water partition coefficient (Wildman–Crippen LogP) is 1.86. The average molecular weight is 378 g/mol. The van der Waals surface area contributed by atoms with Crippen LogP contribution in [0.1, 0.15) is 15.9 Å². The molecule has 0 amide bonds. The van der Waals surface area contributed by atoms with Crippen molar-refractivity contribution in [1.82, 2.24) is 9.55 Å². The van der Waals surface area contributed by atoms with E-state index in [1.54, 1.807) is 48.5 Å². The van der Waals surface area contributed by atoms with E-state index in [1.807, 2.05) is 0 Å². The van der Waals surface area contributed by atoms with Gasteiger partial charge in [0.1, 0.15) is 5.56 Å². The zero-order chi connectivity index (χ0) is 19.7. The van der Waals surface area contributed by atoms with Gasteiger partial charge >= 0.3 is 5.69 Å². The lowest BCUT2D eigenvalue weighted by Gasteiger charge is -2.09. The number of ether oxygens (including phenoxy) is 2. The zero-order valence-corrected chi connectivity index (χ0v) is 14.4. The summed E-state index contributed by atoms with van der Waals surface area (Å²) in [6.07, 6.45) is 2.61. The minimum Gasteiger partial charge on any atom is -0.493 e. The van der Waals surface area contributed by atoms with E-state index in [1.165, 1.54) is 6.08 Å². The second-order valence-electron chi connectivity index (χ2n) is 5.94. The molecule has 28 heavy (non-hydrogen) atoms. The molecule has 0 bridgehead atoms. The SMILES string of the molecule is O=C(C=Cc1ccc2c(c1)OCO2)c1c(O)n(-c2ccccc2)c(=O)[nH]c1=O. The number of H-pyrrole nitrogens is 1. The van der Waals surface area contributed by atoms with Crippen LogP contribution in [0.15, 0.2) is 64.2 Å². The molecule has 0 aliphatic carbocycles. The molecule has 0 saturated heterocycles. The second kappa shape index (κ2) is 6.92. The van der Waals surface area contributed by atoms with Gasteiger partial charge in [-0.05, 0) is 35.9 Å². The Morgan fingerprint density at radius 1 is 1.07 bits per heavy atom. The van der Waals surface area contributed by atoms with Gasteiger partial charge in [0.15, 0.2) is 17.3 Å². The van der Waals surface area contributed by atoms with Gasteiger partial charge in [-0.3, -0.25) is 14.6 Å². The lowest BCUT2D eigenvalue weighted by atomic mass is 10.1. The molecule has 1 aliphatic rings. The smallest absolute Gasteiger partial charge is 0.335 e. The summed E-state index contributed by atoms with van der Waals surface area (Å²) in [5.41, 5.74) is -1.37. The van der Waals surface area contributed by atoms with Crippen molar-refractivity contribution in [2.75, 3.05) is 6.79 Å². The first-order valence-corrected chi connectivity index (χ1v) is 8.30. The van der Waals surface area contributed by atoms with E-state index >= 15 is 0 Å². The molecule has 2 aromatic carbocycles. The molecule has 0 atom stereocenters. The number of ketones is 1. The van der Waals surface area contributed by atoms with Crippen molar-refractivity contribution < 1.29 is 19.4 Å². The molecule has 140 valence electrons. The van der Waals surface area contributed by atoms with Crippen LogP contribution in [-0.4, -0.2) is 27.2 Å². The van der Waals surface area contributed by atoms with E-state index in [0.717, 1.165) is 10.6 Å². The molecule has 2 heterocycles. The topological polar surface area (TPSA) is 111 Å². The lowest BCUT2D eigenvalue weighted by Crippen LogP contribution is -2.32. The first-order valence-electron chi connectivity index (χ1n) is 8.30. The van der Waals surface area contributed by atoms with Gasteiger partial charge in [-0.2, -0.15) is 0 Å². The summed E-state index contributed by atoms with van der Waals surface area (Å²) in [7, 11) is 0. The Bertz CT molecular complexity index is 1210. The Hall–Kier alpha value is -4.07. The highest BCUT2D eigenvalue weighted by atomic mass is 16.7. The van der Waals surface area contributed by atoms with Gasteiger partial charge in [-0.25, -0.2) is 9.36 Å². The highest BCUT2D eigenvalue weighted by molar-refractivity contribution is 6.08. The molecule has 0 fully saturated rings. The van der Waals surface area contributed by atoms with Gasteiger partial charge in [0, 0.05) is 0 Å². The monoisotopic (exact) mass is 378 g/mol. The molecule has 8 heteroatoms. The Morgan fingerprint density at radius 3 is 2.61 bits per heavy atom. The fourth-order valence-corrected chi connectivity index (χ4v) is 2.84. The van der Waals surface area contributed by atoms with Crippen molar-refractivity contribution >= 4 is 11.9 Å². The van der Waals surface area contributed by atoms with Crippen LogP contribution in [0.4, 0.5) is 0 Å². The number of hydrogen-bond acceptors (Lipinski definition) is 6. The average Bonchev–Trinajstić information content (AvgIpc) is 3.14. The third-order valence-electron chi connectivity index (χ3n) is 4.17. The molecule has 8 nitrogen and oxygen atoms in total. The first kappa shape index (κ1) is 17.3. The summed E-state index contributed by atoms with van der Waals surface area (Å²) in [6, 6.07) is 13.3. The summed E-state index contributed by atoms with van der Waals surface area (Å²) in [4.78, 5) is 38.9. The molecule has 1 aliphatic heterocycles. The number of allylic oxidation sites excluding steroid dienone is 1. The van der Waals surface area contributed by atoms with Crippen molar-refractivity contribution in [3.63, 3.8) is 0 Å². The third kappa shape index (κ3) is 3.07. The fraction of sp³-hybridized carbons (Fsp3) is 0.0500. The largest absolute Gasteiger partial charge is 0.493 e. The summed E-state index contributed by atoms with van der Waals surface area (Å²) in [5, 5.41) is 10.5. The Labute approximate surface area is 157 Å². The number of fused-ring (bicyclic) bond motifs is 1. The summed E-state index contributed by atoms with van der Waals surface area (Å²) < 4.78 is 11.4.